The number of nitrogens with zero attached hydrogens (tertiary/aromatic N) is 2. The van der Waals surface area contributed by atoms with Crippen molar-refractivity contribution in [3.8, 4) is 0 Å². The summed E-state index contributed by atoms with van der Waals surface area (Å²) in [6.45, 7) is 5.99. The summed E-state index contributed by atoms with van der Waals surface area (Å²) in [6, 6.07) is 14.0. The fraction of sp³-hybridized carbons (Fsp3) is 0.227. The van der Waals surface area contributed by atoms with Gasteiger partial charge in [-0.3, -0.25) is 4.79 Å². The number of anilines is 2. The minimum Gasteiger partial charge on any atom is -0.347 e. The van der Waals surface area contributed by atoms with Crippen molar-refractivity contribution in [2.24, 2.45) is 0 Å². The lowest BCUT2D eigenvalue weighted by atomic mass is 10.1. The fourth-order valence-corrected chi connectivity index (χ4v) is 2.96. The van der Waals surface area contributed by atoms with E-state index in [-0.39, 0.29) is 24.0 Å². The predicted molar refractivity (Wildman–Crippen MR) is 108 cm³/mol. The number of hydrogen-bond donors (Lipinski definition) is 2. The van der Waals surface area contributed by atoms with Crippen molar-refractivity contribution in [2.45, 2.75) is 33.7 Å². The van der Waals surface area contributed by atoms with Crippen LogP contribution in [0.25, 0.3) is 0 Å². The molecule has 28 heavy (non-hydrogen) atoms. The summed E-state index contributed by atoms with van der Waals surface area (Å²) in [5, 5.41) is 5.96. The molecular formula is C22H23FN4O. The van der Waals surface area contributed by atoms with Crippen molar-refractivity contribution >= 4 is 17.5 Å². The Labute approximate surface area is 164 Å². The SMILES string of the molecule is CCc1cccc(C)c1Nc1nc(C)cc(C(=O)NCc2ccccc2F)n1. The molecule has 3 rings (SSSR count). The van der Waals surface area contributed by atoms with Crippen molar-refractivity contribution in [3.63, 3.8) is 0 Å². The zero-order valence-electron chi connectivity index (χ0n) is 16.2. The molecule has 0 spiro atoms. The number of carbonyl (C=O) groups is 1. The number of nitrogens with one attached hydrogen (secondary N) is 2. The number of para-hydroxylation sites is 1. The Morgan fingerprint density at radius 2 is 1.79 bits per heavy atom. The third-order valence-electron chi connectivity index (χ3n) is 4.46. The molecule has 0 aliphatic rings. The normalized spacial score (nSPS) is 10.6. The lowest BCUT2D eigenvalue weighted by Gasteiger charge is -2.14. The van der Waals surface area contributed by atoms with Crippen molar-refractivity contribution in [1.82, 2.24) is 15.3 Å². The molecule has 0 atom stereocenters. The van der Waals surface area contributed by atoms with Gasteiger partial charge in [0.2, 0.25) is 5.95 Å². The van der Waals surface area contributed by atoms with Crippen LogP contribution in [0.1, 0.15) is 39.8 Å². The Bertz CT molecular complexity index is 1000. The minimum atomic E-state index is -0.377. The molecule has 6 heteroatoms. The van der Waals surface area contributed by atoms with Gasteiger partial charge < -0.3 is 10.6 Å². The molecule has 0 saturated carbocycles. The number of benzene rings is 2. The average molecular weight is 378 g/mol. The van der Waals surface area contributed by atoms with Crippen LogP contribution in [0, 0.1) is 19.7 Å². The highest BCUT2D eigenvalue weighted by Crippen LogP contribution is 2.24. The monoisotopic (exact) mass is 378 g/mol. The first-order chi connectivity index (χ1) is 13.5. The number of hydrogen-bond acceptors (Lipinski definition) is 4. The van der Waals surface area contributed by atoms with Crippen LogP contribution in [0.5, 0.6) is 0 Å². The van der Waals surface area contributed by atoms with Gasteiger partial charge in [-0.25, -0.2) is 14.4 Å². The van der Waals surface area contributed by atoms with Gasteiger partial charge in [-0.2, -0.15) is 0 Å². The summed E-state index contributed by atoms with van der Waals surface area (Å²) < 4.78 is 13.7. The number of rotatable bonds is 6. The topological polar surface area (TPSA) is 66.9 Å². The number of carbonyl (C=O) groups excluding carboxylic acids is 1. The summed E-state index contributed by atoms with van der Waals surface area (Å²) in [5.74, 6) is -0.368. The Morgan fingerprint density at radius 1 is 1.04 bits per heavy atom. The van der Waals surface area contributed by atoms with Gasteiger partial charge >= 0.3 is 0 Å². The zero-order valence-corrected chi connectivity index (χ0v) is 16.2. The highest BCUT2D eigenvalue weighted by atomic mass is 19.1. The van der Waals surface area contributed by atoms with Crippen molar-refractivity contribution in [1.29, 1.82) is 0 Å². The molecule has 0 aliphatic carbocycles. The Kier molecular flexibility index (Phi) is 5.99. The molecule has 0 bridgehead atoms. The van der Waals surface area contributed by atoms with Crippen LogP contribution in [-0.2, 0) is 13.0 Å². The molecule has 1 amide bonds. The summed E-state index contributed by atoms with van der Waals surface area (Å²) in [5.41, 5.74) is 4.50. The van der Waals surface area contributed by atoms with Crippen LogP contribution in [0.15, 0.2) is 48.5 Å². The molecular weight excluding hydrogens is 355 g/mol. The molecule has 5 nitrogen and oxygen atoms in total. The van der Waals surface area contributed by atoms with E-state index >= 15 is 0 Å². The van der Waals surface area contributed by atoms with E-state index in [1.165, 1.54) is 6.07 Å². The van der Waals surface area contributed by atoms with E-state index in [9.17, 15) is 9.18 Å². The third-order valence-corrected chi connectivity index (χ3v) is 4.46. The van der Waals surface area contributed by atoms with Gasteiger partial charge in [0.1, 0.15) is 11.5 Å². The standard InChI is InChI=1S/C22H23FN4O/c1-4-16-10-7-8-14(2)20(16)27-22-25-15(3)12-19(26-22)21(28)24-13-17-9-5-6-11-18(17)23/h5-12H,4,13H2,1-3H3,(H,24,28)(H,25,26,27). The first kappa shape index (κ1) is 19.5. The summed E-state index contributed by atoms with van der Waals surface area (Å²) >= 11 is 0. The maximum Gasteiger partial charge on any atom is 0.270 e. The number of amides is 1. The van der Waals surface area contributed by atoms with E-state index in [1.807, 2.05) is 25.1 Å². The Hall–Kier alpha value is -3.28. The smallest absolute Gasteiger partial charge is 0.270 e. The van der Waals surface area contributed by atoms with Crippen molar-refractivity contribution in [3.05, 3.63) is 82.4 Å². The third kappa shape index (κ3) is 4.52. The Morgan fingerprint density at radius 3 is 2.54 bits per heavy atom. The molecule has 0 saturated heterocycles. The molecule has 0 aliphatic heterocycles. The lowest BCUT2D eigenvalue weighted by Crippen LogP contribution is -2.25. The molecule has 1 heterocycles. The number of aryl methyl sites for hydroxylation is 3. The van der Waals surface area contributed by atoms with Crippen LogP contribution in [0.3, 0.4) is 0 Å². The van der Waals surface area contributed by atoms with Crippen LogP contribution >= 0.6 is 0 Å². The van der Waals surface area contributed by atoms with E-state index in [0.717, 1.165) is 23.2 Å². The van der Waals surface area contributed by atoms with Crippen LogP contribution in [0.2, 0.25) is 0 Å². The highest BCUT2D eigenvalue weighted by Gasteiger charge is 2.13. The molecule has 2 aromatic carbocycles. The molecule has 0 radical (unpaired) electrons. The van der Waals surface area contributed by atoms with E-state index in [0.29, 0.717) is 17.2 Å². The largest absolute Gasteiger partial charge is 0.347 e. The summed E-state index contributed by atoms with van der Waals surface area (Å²) in [4.78, 5) is 21.3. The maximum absolute atomic E-state index is 13.7. The van der Waals surface area contributed by atoms with Gasteiger partial charge in [0.15, 0.2) is 0 Å². The Balaban J connectivity index is 1.80. The average Bonchev–Trinajstić information content (AvgIpc) is 2.68. The summed E-state index contributed by atoms with van der Waals surface area (Å²) in [6.07, 6.45) is 0.867. The zero-order chi connectivity index (χ0) is 20.1. The molecule has 2 N–H and O–H groups in total. The van der Waals surface area contributed by atoms with E-state index in [2.05, 4.69) is 27.5 Å². The van der Waals surface area contributed by atoms with Crippen molar-refractivity contribution in [2.75, 3.05) is 5.32 Å². The summed E-state index contributed by atoms with van der Waals surface area (Å²) in [7, 11) is 0. The first-order valence-electron chi connectivity index (χ1n) is 9.20. The van der Waals surface area contributed by atoms with Crippen LogP contribution < -0.4 is 10.6 Å². The lowest BCUT2D eigenvalue weighted by molar-refractivity contribution is 0.0945. The molecule has 0 unspecified atom stereocenters. The quantitative estimate of drug-likeness (QED) is 0.664. The molecule has 3 aromatic rings. The van der Waals surface area contributed by atoms with Crippen LogP contribution in [-0.4, -0.2) is 15.9 Å². The van der Waals surface area contributed by atoms with Gasteiger partial charge in [-0.05, 0) is 43.5 Å². The van der Waals surface area contributed by atoms with Gasteiger partial charge in [0, 0.05) is 23.5 Å². The maximum atomic E-state index is 13.7. The molecule has 144 valence electrons. The molecule has 1 aromatic heterocycles. The molecule has 0 fully saturated rings. The second-order valence-corrected chi connectivity index (χ2v) is 6.58. The van der Waals surface area contributed by atoms with E-state index < -0.39 is 0 Å². The van der Waals surface area contributed by atoms with Gasteiger partial charge in [0.25, 0.3) is 5.91 Å². The van der Waals surface area contributed by atoms with Gasteiger partial charge in [-0.1, -0.05) is 43.3 Å². The van der Waals surface area contributed by atoms with E-state index in [4.69, 9.17) is 0 Å². The predicted octanol–water partition coefficient (Wildman–Crippen LogP) is 4.47. The van der Waals surface area contributed by atoms with Crippen LogP contribution in [0.4, 0.5) is 16.0 Å². The highest BCUT2D eigenvalue weighted by molar-refractivity contribution is 5.92. The first-order valence-corrected chi connectivity index (χ1v) is 9.20. The minimum absolute atomic E-state index is 0.0924. The number of aromatic nitrogens is 2. The number of halogens is 1. The second-order valence-electron chi connectivity index (χ2n) is 6.58. The van der Waals surface area contributed by atoms with Crippen molar-refractivity contribution < 1.29 is 9.18 Å². The van der Waals surface area contributed by atoms with Gasteiger partial charge in [0.05, 0.1) is 0 Å². The van der Waals surface area contributed by atoms with E-state index in [1.54, 1.807) is 31.2 Å². The fourth-order valence-electron chi connectivity index (χ4n) is 2.96. The van der Waals surface area contributed by atoms with Gasteiger partial charge in [-0.15, -0.1) is 0 Å². The second kappa shape index (κ2) is 8.61.